The van der Waals surface area contributed by atoms with Crippen LogP contribution < -0.4 is 5.32 Å². The van der Waals surface area contributed by atoms with Crippen molar-refractivity contribution < 1.29 is 9.53 Å². The molecule has 0 aromatic carbocycles. The van der Waals surface area contributed by atoms with Crippen molar-refractivity contribution in [2.45, 2.75) is 37.4 Å². The van der Waals surface area contributed by atoms with Gasteiger partial charge in [-0.1, -0.05) is 0 Å². The molecular weight excluding hydrogens is 256 g/mol. The number of thiazole rings is 1. The van der Waals surface area contributed by atoms with Crippen LogP contribution in [0.15, 0.2) is 5.38 Å². The molecule has 0 unspecified atom stereocenters. The summed E-state index contributed by atoms with van der Waals surface area (Å²) in [6, 6.07) is 0. The molecule has 2 heterocycles. The topological polar surface area (TPSA) is 51.2 Å². The minimum atomic E-state index is -0.0728. The lowest BCUT2D eigenvalue weighted by Gasteiger charge is -2.12. The highest BCUT2D eigenvalue weighted by molar-refractivity contribution is 7.99. The van der Waals surface area contributed by atoms with Crippen LogP contribution in [0.5, 0.6) is 0 Å². The van der Waals surface area contributed by atoms with Gasteiger partial charge in [0.1, 0.15) is 0 Å². The fourth-order valence-electron chi connectivity index (χ4n) is 1.70. The van der Waals surface area contributed by atoms with E-state index in [0.29, 0.717) is 16.5 Å². The predicted molar refractivity (Wildman–Crippen MR) is 71.5 cm³/mol. The molecule has 1 saturated heterocycles. The van der Waals surface area contributed by atoms with Crippen molar-refractivity contribution in [1.82, 2.24) is 4.98 Å². The number of thioether (sulfide) groups is 1. The second-order valence-corrected chi connectivity index (χ2v) is 6.12. The fourth-order valence-corrected chi connectivity index (χ4v) is 3.71. The molecule has 0 aliphatic carbocycles. The molecule has 1 aromatic rings. The quantitative estimate of drug-likeness (QED) is 0.915. The molecule has 2 rings (SSSR count). The number of nitrogens with one attached hydrogen (secondary N) is 1. The number of carbonyl (C=O) groups is 1. The van der Waals surface area contributed by atoms with Crippen molar-refractivity contribution in [3.05, 3.63) is 11.1 Å². The third-order valence-corrected chi connectivity index (χ3v) is 4.90. The van der Waals surface area contributed by atoms with Gasteiger partial charge in [0.05, 0.1) is 11.8 Å². The Kier molecular flexibility index (Phi) is 4.42. The molecule has 1 fully saturated rings. The monoisotopic (exact) mass is 272 g/mol. The van der Waals surface area contributed by atoms with Gasteiger partial charge < -0.3 is 10.1 Å². The standard InChI is InChI=1S/C11H16N2O2S2/c1-7-10(3-4-15-7)16-5-9-6-17-11(13-9)12-8(2)14/h6-7,10H,3-5H2,1-2H3,(H,12,13,14)/t7-,10+/m1/s1. The third-order valence-electron chi connectivity index (χ3n) is 2.59. The summed E-state index contributed by atoms with van der Waals surface area (Å²) >= 11 is 3.36. The van der Waals surface area contributed by atoms with E-state index in [-0.39, 0.29) is 5.91 Å². The lowest BCUT2D eigenvalue weighted by atomic mass is 10.3. The van der Waals surface area contributed by atoms with Crippen LogP contribution in [-0.4, -0.2) is 28.9 Å². The van der Waals surface area contributed by atoms with E-state index in [2.05, 4.69) is 17.2 Å². The average Bonchev–Trinajstić information content (AvgIpc) is 2.84. The molecule has 1 aromatic heterocycles. The zero-order valence-electron chi connectivity index (χ0n) is 9.93. The highest BCUT2D eigenvalue weighted by atomic mass is 32.2. The minimum absolute atomic E-state index is 0.0728. The van der Waals surface area contributed by atoms with Gasteiger partial charge in [0.2, 0.25) is 5.91 Å². The van der Waals surface area contributed by atoms with Gasteiger partial charge in [-0.15, -0.1) is 23.1 Å². The van der Waals surface area contributed by atoms with Crippen molar-refractivity contribution >= 4 is 34.1 Å². The van der Waals surface area contributed by atoms with E-state index in [0.717, 1.165) is 24.5 Å². The molecule has 4 nitrogen and oxygen atoms in total. The van der Waals surface area contributed by atoms with Crippen LogP contribution in [0, 0.1) is 0 Å². The summed E-state index contributed by atoms with van der Waals surface area (Å²) < 4.78 is 5.52. The summed E-state index contributed by atoms with van der Waals surface area (Å²) in [5, 5.41) is 5.95. The van der Waals surface area contributed by atoms with Gasteiger partial charge in [-0.05, 0) is 13.3 Å². The molecule has 17 heavy (non-hydrogen) atoms. The lowest BCUT2D eigenvalue weighted by molar-refractivity contribution is -0.114. The van der Waals surface area contributed by atoms with Crippen molar-refractivity contribution in [3.8, 4) is 0 Å². The SMILES string of the molecule is CC(=O)Nc1nc(CS[C@H]2CCO[C@@H]2C)cs1. The summed E-state index contributed by atoms with van der Waals surface area (Å²) in [4.78, 5) is 15.2. The normalized spacial score (nSPS) is 23.9. The summed E-state index contributed by atoms with van der Waals surface area (Å²) in [6.45, 7) is 4.48. The van der Waals surface area contributed by atoms with Gasteiger partial charge in [0.15, 0.2) is 5.13 Å². The summed E-state index contributed by atoms with van der Waals surface area (Å²) in [7, 11) is 0. The van der Waals surface area contributed by atoms with Crippen LogP contribution >= 0.6 is 23.1 Å². The molecule has 0 radical (unpaired) electrons. The lowest BCUT2D eigenvalue weighted by Crippen LogP contribution is -2.13. The van der Waals surface area contributed by atoms with Crippen LogP contribution in [0.2, 0.25) is 0 Å². The molecule has 1 aliphatic heterocycles. The van der Waals surface area contributed by atoms with Crippen molar-refractivity contribution in [2.75, 3.05) is 11.9 Å². The maximum absolute atomic E-state index is 10.9. The number of hydrogen-bond acceptors (Lipinski definition) is 5. The molecular formula is C11H16N2O2S2. The number of anilines is 1. The fraction of sp³-hybridized carbons (Fsp3) is 0.636. The maximum Gasteiger partial charge on any atom is 0.223 e. The first-order valence-corrected chi connectivity index (χ1v) is 7.53. The van der Waals surface area contributed by atoms with Crippen molar-refractivity contribution in [1.29, 1.82) is 0 Å². The van der Waals surface area contributed by atoms with Gasteiger partial charge in [-0.25, -0.2) is 4.98 Å². The van der Waals surface area contributed by atoms with Gasteiger partial charge in [-0.2, -0.15) is 0 Å². The molecule has 1 N–H and O–H groups in total. The maximum atomic E-state index is 10.9. The van der Waals surface area contributed by atoms with Crippen LogP contribution in [0.4, 0.5) is 5.13 Å². The Bertz CT molecular complexity index is 395. The third kappa shape index (κ3) is 3.69. The number of aromatic nitrogens is 1. The zero-order chi connectivity index (χ0) is 12.3. The first-order valence-electron chi connectivity index (χ1n) is 5.60. The Morgan fingerprint density at radius 1 is 1.76 bits per heavy atom. The largest absolute Gasteiger partial charge is 0.377 e. The number of carbonyl (C=O) groups excluding carboxylic acids is 1. The van der Waals surface area contributed by atoms with E-state index in [1.165, 1.54) is 18.3 Å². The molecule has 0 saturated carbocycles. The van der Waals surface area contributed by atoms with E-state index in [9.17, 15) is 4.79 Å². The average molecular weight is 272 g/mol. The smallest absolute Gasteiger partial charge is 0.223 e. The minimum Gasteiger partial charge on any atom is -0.377 e. The van der Waals surface area contributed by atoms with E-state index in [1.807, 2.05) is 17.1 Å². The van der Waals surface area contributed by atoms with E-state index >= 15 is 0 Å². The van der Waals surface area contributed by atoms with Crippen LogP contribution in [0.3, 0.4) is 0 Å². The van der Waals surface area contributed by atoms with Gasteiger partial charge >= 0.3 is 0 Å². The van der Waals surface area contributed by atoms with Gasteiger partial charge in [0, 0.05) is 29.9 Å². The van der Waals surface area contributed by atoms with Gasteiger partial charge in [-0.3, -0.25) is 4.79 Å². The Labute approximate surface area is 109 Å². The van der Waals surface area contributed by atoms with E-state index in [1.54, 1.807) is 0 Å². The number of rotatable bonds is 4. The highest BCUT2D eigenvalue weighted by Gasteiger charge is 2.24. The molecule has 1 aliphatic rings. The molecule has 0 bridgehead atoms. The highest BCUT2D eigenvalue weighted by Crippen LogP contribution is 2.29. The number of nitrogens with zero attached hydrogens (tertiary/aromatic N) is 1. The van der Waals surface area contributed by atoms with Crippen LogP contribution in [0.1, 0.15) is 26.0 Å². The summed E-state index contributed by atoms with van der Waals surface area (Å²) in [6.07, 6.45) is 1.46. The van der Waals surface area contributed by atoms with Crippen molar-refractivity contribution in [2.24, 2.45) is 0 Å². The number of amides is 1. The van der Waals surface area contributed by atoms with Crippen LogP contribution in [0.25, 0.3) is 0 Å². The second kappa shape index (κ2) is 5.84. The Morgan fingerprint density at radius 2 is 2.59 bits per heavy atom. The van der Waals surface area contributed by atoms with Crippen molar-refractivity contribution in [3.63, 3.8) is 0 Å². The van der Waals surface area contributed by atoms with E-state index in [4.69, 9.17) is 4.74 Å². The molecule has 0 spiro atoms. The molecule has 6 heteroatoms. The van der Waals surface area contributed by atoms with E-state index < -0.39 is 0 Å². The number of ether oxygens (including phenoxy) is 1. The molecule has 94 valence electrons. The summed E-state index contributed by atoms with van der Waals surface area (Å²) in [5.74, 6) is 0.811. The summed E-state index contributed by atoms with van der Waals surface area (Å²) in [5.41, 5.74) is 1.03. The number of hydrogen-bond donors (Lipinski definition) is 1. The second-order valence-electron chi connectivity index (χ2n) is 4.04. The molecule has 2 atom stereocenters. The Balaban J connectivity index is 1.82. The predicted octanol–water partition coefficient (Wildman–Crippen LogP) is 2.51. The zero-order valence-corrected chi connectivity index (χ0v) is 11.6. The Hall–Kier alpha value is -0.590. The van der Waals surface area contributed by atoms with Crippen LogP contribution in [-0.2, 0) is 15.3 Å². The molecule has 1 amide bonds. The first-order chi connectivity index (χ1) is 8.15. The first kappa shape index (κ1) is 12.9. The Morgan fingerprint density at radius 3 is 3.24 bits per heavy atom. The van der Waals surface area contributed by atoms with Gasteiger partial charge in [0.25, 0.3) is 0 Å².